The van der Waals surface area contributed by atoms with Gasteiger partial charge in [0.1, 0.15) is 4.90 Å². The number of rotatable bonds is 5. The molecule has 1 amide bonds. The summed E-state index contributed by atoms with van der Waals surface area (Å²) in [5.74, 6) is -0.378. The first-order valence-electron chi connectivity index (χ1n) is 8.17. The minimum Gasteiger partial charge on any atom is -0.322 e. The van der Waals surface area contributed by atoms with Gasteiger partial charge < -0.3 is 5.32 Å². The number of hydrogen-bond donors (Lipinski definition) is 1. The van der Waals surface area contributed by atoms with E-state index >= 15 is 0 Å². The van der Waals surface area contributed by atoms with Crippen molar-refractivity contribution in [2.75, 3.05) is 24.7 Å². The molecule has 0 aromatic heterocycles. The molecule has 0 atom stereocenters. The number of nitrogens with one attached hydrogen (secondary N) is 1. The molecule has 0 spiro atoms. The molecule has 1 saturated heterocycles. The van der Waals surface area contributed by atoms with Crippen molar-refractivity contribution < 1.29 is 13.2 Å². The van der Waals surface area contributed by atoms with Gasteiger partial charge in [-0.25, -0.2) is 8.42 Å². The Morgan fingerprint density at radius 1 is 1.12 bits per heavy atom. The van der Waals surface area contributed by atoms with E-state index in [0.717, 1.165) is 17.7 Å². The van der Waals surface area contributed by atoms with Gasteiger partial charge >= 0.3 is 0 Å². The fourth-order valence-electron chi connectivity index (χ4n) is 2.79. The van der Waals surface area contributed by atoms with Gasteiger partial charge in [0.05, 0.1) is 5.02 Å². The van der Waals surface area contributed by atoms with Crippen molar-refractivity contribution in [2.45, 2.75) is 22.6 Å². The predicted octanol–water partition coefficient (Wildman–Crippen LogP) is 4.10. The molecule has 0 radical (unpaired) electrons. The first kappa shape index (κ1) is 19.2. The second kappa shape index (κ2) is 8.00. The molecule has 0 aliphatic carbocycles. The molecule has 1 heterocycles. The second-order valence-electron chi connectivity index (χ2n) is 5.94. The summed E-state index contributed by atoms with van der Waals surface area (Å²) in [6.07, 6.45) is 3.65. The summed E-state index contributed by atoms with van der Waals surface area (Å²) in [5, 5.41) is 2.90. The van der Waals surface area contributed by atoms with Gasteiger partial charge in [0.15, 0.2) is 0 Å². The Kier molecular flexibility index (Phi) is 5.92. The Morgan fingerprint density at radius 2 is 1.77 bits per heavy atom. The minimum atomic E-state index is -3.69. The summed E-state index contributed by atoms with van der Waals surface area (Å²) >= 11 is 7.73. The molecule has 5 nitrogen and oxygen atoms in total. The number of carbonyl (C=O) groups is 1. The molecule has 1 aliphatic rings. The Hall–Kier alpha value is -1.54. The van der Waals surface area contributed by atoms with Crippen LogP contribution in [0.15, 0.2) is 52.3 Å². The number of halogens is 1. The average Bonchev–Trinajstić information content (AvgIpc) is 3.18. The van der Waals surface area contributed by atoms with Crippen LogP contribution in [-0.4, -0.2) is 38.0 Å². The first-order valence-corrected chi connectivity index (χ1v) is 11.2. The lowest BCUT2D eigenvalue weighted by molar-refractivity contribution is 0.102. The van der Waals surface area contributed by atoms with E-state index in [-0.39, 0.29) is 21.4 Å². The number of thioether (sulfide) groups is 1. The number of hydrogen-bond acceptors (Lipinski definition) is 4. The van der Waals surface area contributed by atoms with E-state index in [4.69, 9.17) is 11.6 Å². The van der Waals surface area contributed by atoms with E-state index in [1.807, 2.05) is 30.5 Å². The molecule has 2 aromatic rings. The van der Waals surface area contributed by atoms with Gasteiger partial charge in [0, 0.05) is 29.2 Å². The van der Waals surface area contributed by atoms with E-state index < -0.39 is 10.0 Å². The Balaban J connectivity index is 1.85. The zero-order chi connectivity index (χ0) is 18.7. The fourth-order valence-corrected chi connectivity index (χ4v) is 5.21. The average molecular weight is 411 g/mol. The molecule has 1 aliphatic heterocycles. The van der Waals surface area contributed by atoms with E-state index in [1.165, 1.54) is 22.5 Å². The van der Waals surface area contributed by atoms with Crippen LogP contribution in [0.5, 0.6) is 0 Å². The van der Waals surface area contributed by atoms with Crippen LogP contribution in [0.4, 0.5) is 5.69 Å². The van der Waals surface area contributed by atoms with Crippen LogP contribution in [0.2, 0.25) is 5.02 Å². The Labute approximate surface area is 162 Å². The van der Waals surface area contributed by atoms with Gasteiger partial charge in [-0.15, -0.1) is 11.8 Å². The highest BCUT2D eigenvalue weighted by Gasteiger charge is 2.29. The molecule has 26 heavy (non-hydrogen) atoms. The number of nitrogens with zero attached hydrogens (tertiary/aromatic N) is 1. The summed E-state index contributed by atoms with van der Waals surface area (Å²) in [4.78, 5) is 13.6. The number of benzene rings is 2. The summed E-state index contributed by atoms with van der Waals surface area (Å²) in [6.45, 7) is 0.966. The SMILES string of the molecule is CSc1ccc(NC(=O)c2ccc(Cl)c(S(=O)(=O)N3CCCC3)c2)cc1. The number of amides is 1. The van der Waals surface area contributed by atoms with Gasteiger partial charge in [-0.05, 0) is 61.6 Å². The molecule has 0 saturated carbocycles. The maximum atomic E-state index is 12.8. The Bertz CT molecular complexity index is 909. The van der Waals surface area contributed by atoms with E-state index in [1.54, 1.807) is 11.8 Å². The van der Waals surface area contributed by atoms with Crippen molar-refractivity contribution >= 4 is 45.0 Å². The van der Waals surface area contributed by atoms with Gasteiger partial charge in [0.25, 0.3) is 5.91 Å². The van der Waals surface area contributed by atoms with E-state index in [0.29, 0.717) is 18.8 Å². The summed E-state index contributed by atoms with van der Waals surface area (Å²) in [7, 11) is -3.69. The lowest BCUT2D eigenvalue weighted by Crippen LogP contribution is -2.28. The normalized spacial score (nSPS) is 15.2. The maximum absolute atomic E-state index is 12.8. The number of sulfonamides is 1. The molecule has 3 rings (SSSR count). The van der Waals surface area contributed by atoms with Crippen LogP contribution in [0.3, 0.4) is 0 Å². The third-order valence-electron chi connectivity index (χ3n) is 4.22. The highest BCUT2D eigenvalue weighted by molar-refractivity contribution is 7.98. The number of carbonyl (C=O) groups excluding carboxylic acids is 1. The lowest BCUT2D eigenvalue weighted by atomic mass is 10.2. The molecule has 0 unspecified atom stereocenters. The van der Waals surface area contributed by atoms with Crippen LogP contribution in [0.1, 0.15) is 23.2 Å². The molecule has 138 valence electrons. The standard InChI is InChI=1S/C18H19ClN2O3S2/c1-25-15-7-5-14(6-8-15)20-18(22)13-4-9-16(19)17(12-13)26(23,24)21-10-2-3-11-21/h4-9,12H,2-3,10-11H2,1H3,(H,20,22). The molecule has 0 bridgehead atoms. The molecule has 1 fully saturated rings. The largest absolute Gasteiger partial charge is 0.322 e. The molecule has 1 N–H and O–H groups in total. The van der Waals surface area contributed by atoms with Crippen molar-refractivity contribution in [3.05, 3.63) is 53.1 Å². The molecular weight excluding hydrogens is 392 g/mol. The maximum Gasteiger partial charge on any atom is 0.255 e. The highest BCUT2D eigenvalue weighted by atomic mass is 35.5. The second-order valence-corrected chi connectivity index (χ2v) is 9.13. The zero-order valence-electron chi connectivity index (χ0n) is 14.2. The minimum absolute atomic E-state index is 0.0218. The quantitative estimate of drug-likeness (QED) is 0.753. The van der Waals surface area contributed by atoms with Gasteiger partial charge in [-0.1, -0.05) is 11.6 Å². The van der Waals surface area contributed by atoms with Crippen LogP contribution >= 0.6 is 23.4 Å². The van der Waals surface area contributed by atoms with Gasteiger partial charge in [0.2, 0.25) is 10.0 Å². The summed E-state index contributed by atoms with van der Waals surface area (Å²) < 4.78 is 26.9. The molecular formula is C18H19ClN2O3S2. The third-order valence-corrected chi connectivity index (χ3v) is 7.35. The molecule has 8 heteroatoms. The topological polar surface area (TPSA) is 66.5 Å². The lowest BCUT2D eigenvalue weighted by Gasteiger charge is -2.17. The monoisotopic (exact) mass is 410 g/mol. The van der Waals surface area contributed by atoms with Crippen molar-refractivity contribution in [3.8, 4) is 0 Å². The summed E-state index contributed by atoms with van der Waals surface area (Å²) in [6, 6.07) is 11.8. The van der Waals surface area contributed by atoms with Crippen LogP contribution in [0.25, 0.3) is 0 Å². The van der Waals surface area contributed by atoms with Crippen LogP contribution in [-0.2, 0) is 10.0 Å². The van der Waals surface area contributed by atoms with Crippen LogP contribution < -0.4 is 5.32 Å². The molecule has 2 aromatic carbocycles. The van der Waals surface area contributed by atoms with E-state index in [9.17, 15) is 13.2 Å². The van der Waals surface area contributed by atoms with Crippen molar-refractivity contribution in [1.29, 1.82) is 0 Å². The van der Waals surface area contributed by atoms with E-state index in [2.05, 4.69) is 5.32 Å². The number of anilines is 1. The van der Waals surface area contributed by atoms with Gasteiger partial charge in [-0.3, -0.25) is 4.79 Å². The van der Waals surface area contributed by atoms with Crippen molar-refractivity contribution in [2.24, 2.45) is 0 Å². The predicted molar refractivity (Wildman–Crippen MR) is 106 cm³/mol. The Morgan fingerprint density at radius 3 is 2.38 bits per heavy atom. The van der Waals surface area contributed by atoms with Gasteiger partial charge in [-0.2, -0.15) is 4.31 Å². The van der Waals surface area contributed by atoms with Crippen LogP contribution in [0, 0.1) is 0 Å². The highest BCUT2D eigenvalue weighted by Crippen LogP contribution is 2.28. The fraction of sp³-hybridized carbons (Fsp3) is 0.278. The van der Waals surface area contributed by atoms with Crippen molar-refractivity contribution in [3.63, 3.8) is 0 Å². The smallest absolute Gasteiger partial charge is 0.255 e. The summed E-state index contributed by atoms with van der Waals surface area (Å²) in [5.41, 5.74) is 0.896. The van der Waals surface area contributed by atoms with Crippen molar-refractivity contribution in [1.82, 2.24) is 4.31 Å². The first-order chi connectivity index (χ1) is 12.4. The zero-order valence-corrected chi connectivity index (χ0v) is 16.6. The third kappa shape index (κ3) is 4.06.